The third kappa shape index (κ3) is 2.86. The van der Waals surface area contributed by atoms with Crippen LogP contribution in [0.3, 0.4) is 0 Å². The van der Waals surface area contributed by atoms with Gasteiger partial charge in [0.1, 0.15) is 5.82 Å². The molecule has 0 unspecified atom stereocenters. The van der Waals surface area contributed by atoms with Crippen LogP contribution in [0.5, 0.6) is 0 Å². The predicted molar refractivity (Wildman–Crippen MR) is 82.0 cm³/mol. The number of anilines is 1. The SMILES string of the molecule is CC(=N)Nc1ccc2nc(-c3ccc(F)cc3)ncc2c1. The van der Waals surface area contributed by atoms with E-state index in [0.717, 1.165) is 22.2 Å². The van der Waals surface area contributed by atoms with Crippen molar-refractivity contribution >= 4 is 22.4 Å². The first-order valence-electron chi connectivity index (χ1n) is 6.47. The molecular formula is C16H13FN4. The first-order valence-corrected chi connectivity index (χ1v) is 6.47. The zero-order valence-electron chi connectivity index (χ0n) is 11.4. The van der Waals surface area contributed by atoms with Gasteiger partial charge in [0.25, 0.3) is 0 Å². The molecule has 104 valence electrons. The molecule has 0 spiro atoms. The van der Waals surface area contributed by atoms with Gasteiger partial charge in [-0.1, -0.05) is 0 Å². The summed E-state index contributed by atoms with van der Waals surface area (Å²) >= 11 is 0. The molecule has 3 aromatic rings. The Bertz CT molecular complexity index is 812. The first kappa shape index (κ1) is 13.2. The summed E-state index contributed by atoms with van der Waals surface area (Å²) < 4.78 is 12.9. The Balaban J connectivity index is 2.00. The quantitative estimate of drug-likeness (QED) is 0.553. The van der Waals surface area contributed by atoms with Crippen LogP contribution < -0.4 is 5.32 Å². The van der Waals surface area contributed by atoms with Crippen molar-refractivity contribution in [3.8, 4) is 11.4 Å². The van der Waals surface area contributed by atoms with Gasteiger partial charge in [-0.25, -0.2) is 14.4 Å². The second kappa shape index (κ2) is 5.28. The van der Waals surface area contributed by atoms with Gasteiger partial charge in [0.15, 0.2) is 5.82 Å². The summed E-state index contributed by atoms with van der Waals surface area (Å²) in [7, 11) is 0. The Hall–Kier alpha value is -2.82. The zero-order chi connectivity index (χ0) is 14.8. The molecule has 21 heavy (non-hydrogen) atoms. The fourth-order valence-electron chi connectivity index (χ4n) is 2.07. The van der Waals surface area contributed by atoms with Crippen LogP contribution in [0.15, 0.2) is 48.7 Å². The van der Waals surface area contributed by atoms with E-state index in [1.807, 2.05) is 18.2 Å². The number of hydrogen-bond acceptors (Lipinski definition) is 3. The van der Waals surface area contributed by atoms with Gasteiger partial charge in [0, 0.05) is 22.8 Å². The molecule has 0 saturated carbocycles. The highest BCUT2D eigenvalue weighted by atomic mass is 19.1. The second-order valence-electron chi connectivity index (χ2n) is 4.72. The van der Waals surface area contributed by atoms with E-state index >= 15 is 0 Å². The standard InChI is InChI=1S/C16H13FN4/c1-10(18)20-14-6-7-15-12(8-14)9-19-16(21-15)11-2-4-13(17)5-3-11/h2-9H,1H3,(H2,18,20). The molecule has 0 saturated heterocycles. The summed E-state index contributed by atoms with van der Waals surface area (Å²) in [5.41, 5.74) is 2.40. The highest BCUT2D eigenvalue weighted by Gasteiger charge is 2.04. The van der Waals surface area contributed by atoms with Gasteiger partial charge in [-0.3, -0.25) is 5.41 Å². The normalized spacial score (nSPS) is 10.6. The van der Waals surface area contributed by atoms with Crippen molar-refractivity contribution in [2.75, 3.05) is 5.32 Å². The summed E-state index contributed by atoms with van der Waals surface area (Å²) in [6.45, 7) is 1.68. The molecule has 4 nitrogen and oxygen atoms in total. The average molecular weight is 280 g/mol. The first-order chi connectivity index (χ1) is 10.1. The molecule has 1 aromatic heterocycles. The molecule has 5 heteroatoms. The van der Waals surface area contributed by atoms with Crippen molar-refractivity contribution in [3.63, 3.8) is 0 Å². The molecule has 2 N–H and O–H groups in total. The third-order valence-corrected chi connectivity index (χ3v) is 3.01. The molecule has 1 heterocycles. The van der Waals surface area contributed by atoms with Crippen molar-refractivity contribution in [1.29, 1.82) is 5.41 Å². The van der Waals surface area contributed by atoms with Gasteiger partial charge in [0.2, 0.25) is 0 Å². The lowest BCUT2D eigenvalue weighted by Gasteiger charge is -2.06. The number of fused-ring (bicyclic) bond motifs is 1. The summed E-state index contributed by atoms with van der Waals surface area (Å²) in [6.07, 6.45) is 1.73. The Morgan fingerprint density at radius 1 is 1.14 bits per heavy atom. The van der Waals surface area contributed by atoms with Crippen molar-refractivity contribution in [3.05, 3.63) is 54.5 Å². The zero-order valence-corrected chi connectivity index (χ0v) is 11.4. The van der Waals surface area contributed by atoms with Gasteiger partial charge in [0.05, 0.1) is 11.4 Å². The van der Waals surface area contributed by atoms with Crippen LogP contribution in [-0.2, 0) is 0 Å². The largest absolute Gasteiger partial charge is 0.344 e. The van der Waals surface area contributed by atoms with Gasteiger partial charge in [-0.05, 0) is 49.4 Å². The van der Waals surface area contributed by atoms with Gasteiger partial charge in [-0.2, -0.15) is 0 Å². The van der Waals surface area contributed by atoms with E-state index in [-0.39, 0.29) is 5.82 Å². The van der Waals surface area contributed by atoms with Crippen LogP contribution in [0.4, 0.5) is 10.1 Å². The second-order valence-corrected chi connectivity index (χ2v) is 4.72. The molecule has 0 fully saturated rings. The topological polar surface area (TPSA) is 61.7 Å². The van der Waals surface area contributed by atoms with Crippen LogP contribution in [0.25, 0.3) is 22.3 Å². The number of amidine groups is 1. The lowest BCUT2D eigenvalue weighted by Crippen LogP contribution is -2.04. The van der Waals surface area contributed by atoms with E-state index in [0.29, 0.717) is 11.7 Å². The summed E-state index contributed by atoms with van der Waals surface area (Å²) in [6, 6.07) is 11.7. The van der Waals surface area contributed by atoms with Crippen LogP contribution in [0, 0.1) is 11.2 Å². The summed E-state index contributed by atoms with van der Waals surface area (Å²) in [5.74, 6) is 0.655. The molecule has 0 radical (unpaired) electrons. The van der Waals surface area contributed by atoms with Crippen LogP contribution in [-0.4, -0.2) is 15.8 Å². The molecule has 3 rings (SSSR count). The number of halogens is 1. The molecule has 2 aromatic carbocycles. The van der Waals surface area contributed by atoms with Crippen molar-refractivity contribution in [2.24, 2.45) is 0 Å². The average Bonchev–Trinajstić information content (AvgIpc) is 2.47. The molecule has 0 atom stereocenters. The van der Waals surface area contributed by atoms with E-state index < -0.39 is 0 Å². The van der Waals surface area contributed by atoms with Gasteiger partial charge < -0.3 is 5.32 Å². The summed E-state index contributed by atoms with van der Waals surface area (Å²) in [4.78, 5) is 8.79. The molecule has 0 bridgehead atoms. The molecular weight excluding hydrogens is 267 g/mol. The van der Waals surface area contributed by atoms with Crippen LogP contribution >= 0.6 is 0 Å². The summed E-state index contributed by atoms with van der Waals surface area (Å²) in [5, 5.41) is 11.2. The maximum absolute atomic E-state index is 12.9. The van der Waals surface area contributed by atoms with E-state index in [2.05, 4.69) is 15.3 Å². The highest BCUT2D eigenvalue weighted by molar-refractivity contribution is 5.93. The fraction of sp³-hybridized carbons (Fsp3) is 0.0625. The number of nitrogens with zero attached hydrogens (tertiary/aromatic N) is 2. The predicted octanol–water partition coefficient (Wildman–Crippen LogP) is 3.84. The Labute approximate surface area is 121 Å². The minimum Gasteiger partial charge on any atom is -0.344 e. The Morgan fingerprint density at radius 3 is 2.62 bits per heavy atom. The van der Waals surface area contributed by atoms with Crippen LogP contribution in [0.1, 0.15) is 6.92 Å². The van der Waals surface area contributed by atoms with Crippen molar-refractivity contribution in [2.45, 2.75) is 6.92 Å². The Morgan fingerprint density at radius 2 is 1.90 bits per heavy atom. The number of hydrogen-bond donors (Lipinski definition) is 2. The van der Waals surface area contributed by atoms with Gasteiger partial charge >= 0.3 is 0 Å². The number of benzene rings is 2. The minimum absolute atomic E-state index is 0.280. The lowest BCUT2D eigenvalue weighted by atomic mass is 10.2. The number of nitrogens with one attached hydrogen (secondary N) is 2. The molecule has 0 aliphatic heterocycles. The smallest absolute Gasteiger partial charge is 0.159 e. The minimum atomic E-state index is -0.280. The maximum Gasteiger partial charge on any atom is 0.159 e. The maximum atomic E-state index is 12.9. The fourth-order valence-corrected chi connectivity index (χ4v) is 2.07. The number of rotatable bonds is 2. The van der Waals surface area contributed by atoms with E-state index in [4.69, 9.17) is 5.41 Å². The lowest BCUT2D eigenvalue weighted by molar-refractivity contribution is 0.628. The van der Waals surface area contributed by atoms with E-state index in [1.165, 1.54) is 12.1 Å². The monoisotopic (exact) mass is 280 g/mol. The highest BCUT2D eigenvalue weighted by Crippen LogP contribution is 2.21. The molecule has 0 aliphatic carbocycles. The van der Waals surface area contributed by atoms with Gasteiger partial charge in [-0.15, -0.1) is 0 Å². The number of aromatic nitrogens is 2. The van der Waals surface area contributed by atoms with Crippen molar-refractivity contribution < 1.29 is 4.39 Å². The Kier molecular flexibility index (Phi) is 3.31. The van der Waals surface area contributed by atoms with Crippen molar-refractivity contribution in [1.82, 2.24) is 9.97 Å². The molecule has 0 amide bonds. The molecule has 0 aliphatic rings. The third-order valence-electron chi connectivity index (χ3n) is 3.01. The van der Waals surface area contributed by atoms with Crippen LogP contribution in [0.2, 0.25) is 0 Å². The van der Waals surface area contributed by atoms with E-state index in [1.54, 1.807) is 25.3 Å². The van der Waals surface area contributed by atoms with E-state index in [9.17, 15) is 4.39 Å².